The maximum Gasteiger partial charge on any atom is 0.190 e. The van der Waals surface area contributed by atoms with Crippen LogP contribution in [-0.4, -0.2) is 26.2 Å². The van der Waals surface area contributed by atoms with Crippen molar-refractivity contribution in [2.24, 2.45) is 11.5 Å². The van der Waals surface area contributed by atoms with Gasteiger partial charge in [0.25, 0.3) is 0 Å². The molecule has 0 heterocycles. The highest BCUT2D eigenvalue weighted by Crippen LogP contribution is 1.49. The fraction of sp³-hybridized carbons (Fsp3) is 0.667. The van der Waals surface area contributed by atoms with E-state index < -0.39 is 0 Å². The van der Waals surface area contributed by atoms with E-state index in [0.717, 1.165) is 13.1 Å². The molecule has 0 rings (SSSR count). The zero-order chi connectivity index (χ0) is 9.66. The Bertz CT molecular complexity index is 127. The summed E-state index contributed by atoms with van der Waals surface area (Å²) in [4.78, 5) is 0. The van der Waals surface area contributed by atoms with Crippen LogP contribution < -0.4 is 22.1 Å². The molecule has 0 saturated heterocycles. The minimum Gasteiger partial charge on any atom is -0.329 e. The summed E-state index contributed by atoms with van der Waals surface area (Å²) >= 11 is 0. The highest BCUT2D eigenvalue weighted by Gasteiger charge is 1.76. The summed E-state index contributed by atoms with van der Waals surface area (Å²) in [6.07, 6.45) is 2.81. The second kappa shape index (κ2) is 16.3. The molecule has 12 heavy (non-hydrogen) atoms. The lowest BCUT2D eigenvalue weighted by molar-refractivity contribution is 0.696. The minimum absolute atomic E-state index is 0.694. The number of nitrogens with one attached hydrogen (secondary N) is 2. The zero-order valence-electron chi connectivity index (χ0n) is 6.88. The third kappa shape index (κ3) is 23.4. The van der Waals surface area contributed by atoms with Crippen LogP contribution in [0.2, 0.25) is 0 Å². The molecule has 0 amide bonds. The Hall–Kier alpha value is -1.34. The Morgan fingerprint density at radius 2 is 1.42 bits per heavy atom. The molecule has 0 aromatic heterocycles. The van der Waals surface area contributed by atoms with Gasteiger partial charge < -0.3 is 16.8 Å². The monoisotopic (exact) mass is 170 g/mol. The fourth-order valence-electron chi connectivity index (χ4n) is 0.354. The van der Waals surface area contributed by atoms with Gasteiger partial charge in [-0.2, -0.15) is 10.5 Å². The van der Waals surface area contributed by atoms with Crippen molar-refractivity contribution >= 4 is 0 Å². The van der Waals surface area contributed by atoms with Gasteiger partial charge in [0.1, 0.15) is 0 Å². The first-order valence-corrected chi connectivity index (χ1v) is 3.47. The molecular formula is C6H14N6. The van der Waals surface area contributed by atoms with E-state index in [-0.39, 0.29) is 0 Å². The van der Waals surface area contributed by atoms with Crippen molar-refractivity contribution in [3.8, 4) is 12.4 Å². The maximum absolute atomic E-state index is 7.48. The molecule has 68 valence electrons. The normalized spacial score (nSPS) is 7.00. The van der Waals surface area contributed by atoms with Crippen LogP contribution in [0.4, 0.5) is 0 Å². The summed E-state index contributed by atoms with van der Waals surface area (Å²) in [6, 6.07) is 0. The van der Waals surface area contributed by atoms with Gasteiger partial charge in [-0.25, -0.2) is 5.32 Å². The Labute approximate surface area is 72.1 Å². The third-order valence-corrected chi connectivity index (χ3v) is 0.754. The smallest absolute Gasteiger partial charge is 0.190 e. The molecule has 0 aliphatic carbocycles. The average Bonchev–Trinajstić information content (AvgIpc) is 2.08. The number of nitrogens with two attached hydrogens (primary N) is 2. The van der Waals surface area contributed by atoms with Gasteiger partial charge in [-0.05, 0) is 0 Å². The fourth-order valence-corrected chi connectivity index (χ4v) is 0.354. The molecule has 0 bridgehead atoms. The van der Waals surface area contributed by atoms with Gasteiger partial charge in [0.2, 0.25) is 0 Å². The van der Waals surface area contributed by atoms with Crippen molar-refractivity contribution in [1.82, 2.24) is 10.6 Å². The standard InChI is InChI=1S/C4H13N3.C2HN3/c5-1-3-7-4-2-6;3-1-5-2-4/h7H,1-6H2;5H. The van der Waals surface area contributed by atoms with Crippen LogP contribution in [0.15, 0.2) is 0 Å². The molecule has 6 N–H and O–H groups in total. The molecule has 0 aromatic carbocycles. The Morgan fingerprint density at radius 1 is 1.00 bits per heavy atom. The lowest BCUT2D eigenvalue weighted by atomic mass is 10.6. The van der Waals surface area contributed by atoms with Crippen molar-refractivity contribution in [2.75, 3.05) is 26.2 Å². The van der Waals surface area contributed by atoms with E-state index in [2.05, 4.69) is 5.32 Å². The van der Waals surface area contributed by atoms with Crippen LogP contribution in [0, 0.1) is 22.9 Å². The van der Waals surface area contributed by atoms with Gasteiger partial charge in [-0.3, -0.25) is 0 Å². The first-order valence-electron chi connectivity index (χ1n) is 3.47. The van der Waals surface area contributed by atoms with Gasteiger partial charge in [0.05, 0.1) is 0 Å². The van der Waals surface area contributed by atoms with E-state index in [4.69, 9.17) is 22.0 Å². The van der Waals surface area contributed by atoms with Crippen LogP contribution in [0.1, 0.15) is 0 Å². The first kappa shape index (κ1) is 13.3. The predicted molar refractivity (Wildman–Crippen MR) is 45.3 cm³/mol. The second-order valence-electron chi connectivity index (χ2n) is 1.68. The number of hydrogen-bond donors (Lipinski definition) is 4. The quantitative estimate of drug-likeness (QED) is 0.220. The summed E-state index contributed by atoms with van der Waals surface area (Å²) < 4.78 is 0. The Kier molecular flexibility index (Phi) is 18.1. The van der Waals surface area contributed by atoms with Crippen LogP contribution in [-0.2, 0) is 0 Å². The van der Waals surface area contributed by atoms with E-state index in [1.54, 1.807) is 5.32 Å². The van der Waals surface area contributed by atoms with Crippen LogP contribution >= 0.6 is 0 Å². The van der Waals surface area contributed by atoms with Crippen molar-refractivity contribution < 1.29 is 0 Å². The van der Waals surface area contributed by atoms with Crippen LogP contribution in [0.5, 0.6) is 0 Å². The third-order valence-electron chi connectivity index (χ3n) is 0.754. The van der Waals surface area contributed by atoms with Crippen molar-refractivity contribution in [1.29, 1.82) is 10.5 Å². The largest absolute Gasteiger partial charge is 0.329 e. The summed E-state index contributed by atoms with van der Waals surface area (Å²) in [7, 11) is 0. The van der Waals surface area contributed by atoms with Crippen LogP contribution in [0.25, 0.3) is 0 Å². The molecule has 0 aliphatic heterocycles. The molecule has 0 fully saturated rings. The van der Waals surface area contributed by atoms with E-state index in [1.165, 1.54) is 12.4 Å². The van der Waals surface area contributed by atoms with Gasteiger partial charge in [-0.1, -0.05) is 0 Å². The summed E-state index contributed by atoms with van der Waals surface area (Å²) in [6.45, 7) is 3.13. The van der Waals surface area contributed by atoms with Gasteiger partial charge in [0, 0.05) is 26.2 Å². The minimum atomic E-state index is 0.694. The summed E-state index contributed by atoms with van der Waals surface area (Å²) in [5.41, 5.74) is 10.3. The van der Waals surface area contributed by atoms with E-state index in [0.29, 0.717) is 13.1 Å². The SMILES string of the molecule is N#CNC#N.NCCNCCN. The van der Waals surface area contributed by atoms with Gasteiger partial charge >= 0.3 is 0 Å². The lowest BCUT2D eigenvalue weighted by Crippen LogP contribution is -2.27. The Balaban J connectivity index is 0. The predicted octanol–water partition coefficient (Wildman–Crippen LogP) is -1.97. The zero-order valence-corrected chi connectivity index (χ0v) is 6.88. The summed E-state index contributed by atoms with van der Waals surface area (Å²) in [5.74, 6) is 0. The van der Waals surface area contributed by atoms with E-state index in [1.807, 2.05) is 0 Å². The molecule has 6 nitrogen and oxygen atoms in total. The topological polar surface area (TPSA) is 124 Å². The molecule has 0 atom stereocenters. The van der Waals surface area contributed by atoms with E-state index in [9.17, 15) is 0 Å². The average molecular weight is 170 g/mol. The van der Waals surface area contributed by atoms with Crippen molar-refractivity contribution in [3.63, 3.8) is 0 Å². The molecule has 0 aliphatic rings. The van der Waals surface area contributed by atoms with Crippen molar-refractivity contribution in [2.45, 2.75) is 0 Å². The Morgan fingerprint density at radius 3 is 1.58 bits per heavy atom. The first-order chi connectivity index (χ1) is 5.83. The number of hydrogen-bond acceptors (Lipinski definition) is 6. The molecular weight excluding hydrogens is 156 g/mol. The molecule has 0 radical (unpaired) electrons. The molecule has 0 aromatic rings. The highest BCUT2D eigenvalue weighted by atomic mass is 14.9. The molecule has 0 unspecified atom stereocenters. The van der Waals surface area contributed by atoms with Gasteiger partial charge in [0.15, 0.2) is 12.4 Å². The number of rotatable bonds is 4. The van der Waals surface area contributed by atoms with Crippen molar-refractivity contribution in [3.05, 3.63) is 0 Å². The second-order valence-corrected chi connectivity index (χ2v) is 1.68. The molecule has 0 spiro atoms. The molecule has 6 heteroatoms. The van der Waals surface area contributed by atoms with E-state index >= 15 is 0 Å². The lowest BCUT2D eigenvalue weighted by Gasteiger charge is -1.95. The molecule has 0 saturated carbocycles. The maximum atomic E-state index is 7.48. The highest BCUT2D eigenvalue weighted by molar-refractivity contribution is 4.77. The van der Waals surface area contributed by atoms with Gasteiger partial charge in [-0.15, -0.1) is 0 Å². The summed E-state index contributed by atoms with van der Waals surface area (Å²) in [5, 5.41) is 19.7. The number of nitriles is 2. The van der Waals surface area contributed by atoms with Crippen LogP contribution in [0.3, 0.4) is 0 Å². The number of nitrogens with zero attached hydrogens (tertiary/aromatic N) is 2.